The van der Waals surface area contributed by atoms with Crippen LogP contribution in [0.25, 0.3) is 0 Å². The molecule has 2 aromatic carbocycles. The summed E-state index contributed by atoms with van der Waals surface area (Å²) in [4.78, 5) is 14.6. The Morgan fingerprint density at radius 1 is 1.00 bits per heavy atom. The SMILES string of the molecule is CN(C)S(=O)(=O)N(C)c1ccc(C(=O)N2CCc3ccccc32)cc1. The molecular formula is C18H21N3O3S. The lowest BCUT2D eigenvalue weighted by Gasteiger charge is -2.23. The van der Waals surface area contributed by atoms with Crippen molar-refractivity contribution in [2.75, 3.05) is 36.9 Å². The first-order chi connectivity index (χ1) is 11.8. The maximum absolute atomic E-state index is 12.8. The molecule has 1 amide bonds. The third-order valence-corrected chi connectivity index (χ3v) is 6.24. The maximum Gasteiger partial charge on any atom is 0.303 e. The van der Waals surface area contributed by atoms with E-state index in [-0.39, 0.29) is 5.91 Å². The topological polar surface area (TPSA) is 60.9 Å². The maximum atomic E-state index is 12.8. The third-order valence-electron chi connectivity index (χ3n) is 4.42. The Hall–Kier alpha value is -2.38. The van der Waals surface area contributed by atoms with Crippen LogP contribution in [0.1, 0.15) is 15.9 Å². The van der Waals surface area contributed by atoms with Crippen LogP contribution in [0.15, 0.2) is 48.5 Å². The van der Waals surface area contributed by atoms with Gasteiger partial charge in [-0.3, -0.25) is 9.10 Å². The van der Waals surface area contributed by atoms with Crippen molar-refractivity contribution in [3.05, 3.63) is 59.7 Å². The van der Waals surface area contributed by atoms with Gasteiger partial charge in [0.2, 0.25) is 0 Å². The fourth-order valence-corrected chi connectivity index (χ4v) is 3.78. The highest BCUT2D eigenvalue weighted by Crippen LogP contribution is 2.29. The highest BCUT2D eigenvalue weighted by Gasteiger charge is 2.26. The molecular weight excluding hydrogens is 338 g/mol. The highest BCUT2D eigenvalue weighted by atomic mass is 32.2. The van der Waals surface area contributed by atoms with E-state index in [4.69, 9.17) is 0 Å². The minimum atomic E-state index is -3.55. The van der Waals surface area contributed by atoms with Gasteiger partial charge in [-0.05, 0) is 42.3 Å². The van der Waals surface area contributed by atoms with Crippen molar-refractivity contribution < 1.29 is 13.2 Å². The Morgan fingerprint density at radius 2 is 1.64 bits per heavy atom. The molecule has 0 radical (unpaired) electrons. The summed E-state index contributed by atoms with van der Waals surface area (Å²) in [5, 5.41) is 0. The standard InChI is InChI=1S/C18H21N3O3S/c1-19(2)25(23,24)20(3)16-10-8-15(9-11-16)18(22)21-13-12-14-6-4-5-7-17(14)21/h4-11H,12-13H2,1-3H3. The van der Waals surface area contributed by atoms with Crippen molar-refractivity contribution in [1.82, 2.24) is 4.31 Å². The van der Waals surface area contributed by atoms with Gasteiger partial charge in [0.1, 0.15) is 0 Å². The summed E-state index contributed by atoms with van der Waals surface area (Å²) in [6, 6.07) is 14.5. The zero-order valence-corrected chi connectivity index (χ0v) is 15.3. The molecule has 7 heteroatoms. The second-order valence-electron chi connectivity index (χ2n) is 6.14. The average Bonchev–Trinajstić information content (AvgIpc) is 3.04. The summed E-state index contributed by atoms with van der Waals surface area (Å²) >= 11 is 0. The molecule has 0 spiro atoms. The molecule has 132 valence electrons. The first kappa shape index (κ1) is 17.4. The van der Waals surface area contributed by atoms with Crippen molar-refractivity contribution in [3.63, 3.8) is 0 Å². The lowest BCUT2D eigenvalue weighted by atomic mass is 10.1. The molecule has 1 heterocycles. The van der Waals surface area contributed by atoms with Crippen LogP contribution in [0.4, 0.5) is 11.4 Å². The van der Waals surface area contributed by atoms with Crippen molar-refractivity contribution in [3.8, 4) is 0 Å². The van der Waals surface area contributed by atoms with Crippen molar-refractivity contribution in [2.45, 2.75) is 6.42 Å². The molecule has 0 aliphatic carbocycles. The van der Waals surface area contributed by atoms with Crippen LogP contribution in [0.2, 0.25) is 0 Å². The normalized spacial score (nSPS) is 13.8. The fraction of sp³-hybridized carbons (Fsp3) is 0.278. The number of hydrogen-bond donors (Lipinski definition) is 0. The molecule has 6 nitrogen and oxygen atoms in total. The molecule has 0 saturated heterocycles. The van der Waals surface area contributed by atoms with E-state index in [0.29, 0.717) is 17.8 Å². The number of rotatable bonds is 4. The smallest absolute Gasteiger partial charge is 0.303 e. The van der Waals surface area contributed by atoms with E-state index < -0.39 is 10.2 Å². The van der Waals surface area contributed by atoms with E-state index in [9.17, 15) is 13.2 Å². The summed E-state index contributed by atoms with van der Waals surface area (Å²) < 4.78 is 26.7. The predicted octanol–water partition coefficient (Wildman–Crippen LogP) is 2.13. The van der Waals surface area contributed by atoms with Gasteiger partial charge in [0.25, 0.3) is 5.91 Å². The molecule has 25 heavy (non-hydrogen) atoms. The van der Waals surface area contributed by atoms with Gasteiger partial charge >= 0.3 is 10.2 Å². The third kappa shape index (κ3) is 3.12. The largest absolute Gasteiger partial charge is 0.308 e. The van der Waals surface area contributed by atoms with Crippen LogP contribution >= 0.6 is 0 Å². The summed E-state index contributed by atoms with van der Waals surface area (Å²) in [5.41, 5.74) is 3.16. The molecule has 0 atom stereocenters. The number of anilines is 2. The van der Waals surface area contributed by atoms with E-state index in [1.165, 1.54) is 31.0 Å². The van der Waals surface area contributed by atoms with Crippen LogP contribution in [-0.2, 0) is 16.6 Å². The molecule has 0 fully saturated rings. The van der Waals surface area contributed by atoms with E-state index >= 15 is 0 Å². The van der Waals surface area contributed by atoms with Crippen LogP contribution in [0.5, 0.6) is 0 Å². The molecule has 3 rings (SSSR count). The Labute approximate surface area is 148 Å². The zero-order valence-electron chi connectivity index (χ0n) is 14.5. The first-order valence-corrected chi connectivity index (χ1v) is 9.38. The van der Waals surface area contributed by atoms with Gasteiger partial charge in [-0.25, -0.2) is 0 Å². The van der Waals surface area contributed by atoms with E-state index in [2.05, 4.69) is 0 Å². The Kier molecular flexibility index (Phi) is 4.53. The monoisotopic (exact) mass is 359 g/mol. The molecule has 0 unspecified atom stereocenters. The number of carbonyl (C=O) groups is 1. The number of para-hydroxylation sites is 1. The van der Waals surface area contributed by atoms with Gasteiger partial charge in [-0.15, -0.1) is 0 Å². The van der Waals surface area contributed by atoms with Crippen LogP contribution in [-0.4, -0.2) is 46.3 Å². The fourth-order valence-electron chi connectivity index (χ4n) is 2.90. The Bertz CT molecular complexity index is 892. The van der Waals surface area contributed by atoms with Gasteiger partial charge in [-0.2, -0.15) is 12.7 Å². The second kappa shape index (κ2) is 6.50. The summed E-state index contributed by atoms with van der Waals surface area (Å²) in [6.07, 6.45) is 0.851. The van der Waals surface area contributed by atoms with Crippen molar-refractivity contribution in [2.24, 2.45) is 0 Å². The Balaban J connectivity index is 1.83. The van der Waals surface area contributed by atoms with Gasteiger partial charge in [0, 0.05) is 38.9 Å². The summed E-state index contributed by atoms with van der Waals surface area (Å²) in [6.45, 7) is 0.662. The van der Waals surface area contributed by atoms with Crippen molar-refractivity contribution in [1.29, 1.82) is 0 Å². The molecule has 2 aromatic rings. The summed E-state index contributed by atoms with van der Waals surface area (Å²) in [5.74, 6) is -0.0744. The quantitative estimate of drug-likeness (QED) is 0.840. The molecule has 0 aromatic heterocycles. The zero-order chi connectivity index (χ0) is 18.2. The predicted molar refractivity (Wildman–Crippen MR) is 99.3 cm³/mol. The first-order valence-electron chi connectivity index (χ1n) is 7.98. The van der Waals surface area contributed by atoms with E-state index in [1.807, 2.05) is 24.3 Å². The van der Waals surface area contributed by atoms with Gasteiger partial charge in [-0.1, -0.05) is 18.2 Å². The van der Waals surface area contributed by atoms with Gasteiger partial charge in [0.05, 0.1) is 5.69 Å². The Morgan fingerprint density at radius 3 is 2.28 bits per heavy atom. The molecule has 0 saturated carbocycles. The summed E-state index contributed by atoms with van der Waals surface area (Å²) in [7, 11) is 0.903. The number of amides is 1. The number of benzene rings is 2. The van der Waals surface area contributed by atoms with Crippen LogP contribution in [0, 0.1) is 0 Å². The van der Waals surface area contributed by atoms with Gasteiger partial charge < -0.3 is 4.90 Å². The van der Waals surface area contributed by atoms with Crippen LogP contribution < -0.4 is 9.21 Å². The minimum Gasteiger partial charge on any atom is -0.308 e. The second-order valence-corrected chi connectivity index (χ2v) is 8.31. The molecule has 0 N–H and O–H groups in total. The molecule has 1 aliphatic rings. The number of fused-ring (bicyclic) bond motifs is 1. The van der Waals surface area contributed by atoms with Crippen molar-refractivity contribution >= 4 is 27.5 Å². The minimum absolute atomic E-state index is 0.0744. The molecule has 0 bridgehead atoms. The number of carbonyl (C=O) groups excluding carboxylic acids is 1. The van der Waals surface area contributed by atoms with Crippen LogP contribution in [0.3, 0.4) is 0 Å². The lowest BCUT2D eigenvalue weighted by molar-refractivity contribution is 0.0989. The highest BCUT2D eigenvalue weighted by molar-refractivity contribution is 7.90. The van der Waals surface area contributed by atoms with Gasteiger partial charge in [0.15, 0.2) is 0 Å². The molecule has 1 aliphatic heterocycles. The van der Waals surface area contributed by atoms with E-state index in [0.717, 1.165) is 16.4 Å². The van der Waals surface area contributed by atoms with E-state index in [1.54, 1.807) is 29.2 Å². The number of nitrogens with zero attached hydrogens (tertiary/aromatic N) is 3. The lowest BCUT2D eigenvalue weighted by Crippen LogP contribution is -2.37. The average molecular weight is 359 g/mol. The number of hydrogen-bond acceptors (Lipinski definition) is 3.